The van der Waals surface area contributed by atoms with Crippen molar-refractivity contribution in [2.75, 3.05) is 0 Å². The lowest BCUT2D eigenvalue weighted by Gasteiger charge is -2.07. The van der Waals surface area contributed by atoms with Crippen LogP contribution in [-0.4, -0.2) is 14.4 Å². The minimum atomic E-state index is 0.959. The van der Waals surface area contributed by atoms with Crippen LogP contribution in [0.15, 0.2) is 72.9 Å². The van der Waals surface area contributed by atoms with Crippen LogP contribution in [0.3, 0.4) is 0 Å². The van der Waals surface area contributed by atoms with Crippen LogP contribution >= 0.6 is 0 Å². The summed E-state index contributed by atoms with van der Waals surface area (Å²) < 4.78 is 2.14. The Morgan fingerprint density at radius 1 is 0.833 bits per heavy atom. The molecule has 0 unspecified atom stereocenters. The van der Waals surface area contributed by atoms with Crippen LogP contribution in [0.2, 0.25) is 0 Å². The van der Waals surface area contributed by atoms with Crippen LogP contribution in [0.1, 0.15) is 5.56 Å². The van der Waals surface area contributed by atoms with Crippen molar-refractivity contribution in [1.82, 2.24) is 14.4 Å². The monoisotopic (exact) mass is 309 g/mol. The summed E-state index contributed by atoms with van der Waals surface area (Å²) in [6.07, 6.45) is 2.09. The molecule has 3 heterocycles. The molecule has 2 aromatic carbocycles. The number of para-hydroxylation sites is 1. The summed E-state index contributed by atoms with van der Waals surface area (Å²) in [5.41, 5.74) is 7.29. The van der Waals surface area contributed by atoms with Crippen molar-refractivity contribution in [3.63, 3.8) is 0 Å². The smallest absolute Gasteiger partial charge is 0.138 e. The van der Waals surface area contributed by atoms with Gasteiger partial charge in [-0.15, -0.1) is 0 Å². The highest BCUT2D eigenvalue weighted by molar-refractivity contribution is 6.08. The second-order valence-corrected chi connectivity index (χ2v) is 6.08. The highest BCUT2D eigenvalue weighted by Gasteiger charge is 2.15. The number of nitrogens with zero attached hydrogens (tertiary/aromatic N) is 3. The Balaban J connectivity index is 2.04. The molecule has 0 bridgehead atoms. The van der Waals surface area contributed by atoms with Gasteiger partial charge in [-0.25, -0.2) is 9.97 Å². The molecule has 0 saturated carbocycles. The first-order chi connectivity index (χ1) is 11.8. The topological polar surface area (TPSA) is 30.2 Å². The molecule has 0 aliphatic rings. The maximum atomic E-state index is 4.96. The summed E-state index contributed by atoms with van der Waals surface area (Å²) >= 11 is 0. The van der Waals surface area contributed by atoms with Crippen LogP contribution in [0.25, 0.3) is 38.8 Å². The van der Waals surface area contributed by atoms with Crippen LogP contribution in [0.5, 0.6) is 0 Å². The second-order valence-electron chi connectivity index (χ2n) is 6.08. The predicted molar refractivity (Wildman–Crippen MR) is 98.2 cm³/mol. The zero-order chi connectivity index (χ0) is 16.1. The molecule has 3 nitrogen and oxygen atoms in total. The van der Waals surface area contributed by atoms with E-state index in [1.807, 2.05) is 30.3 Å². The third-order valence-corrected chi connectivity index (χ3v) is 4.44. The average Bonchev–Trinajstić information content (AvgIpc) is 3.00. The zero-order valence-corrected chi connectivity index (χ0v) is 13.3. The number of aromatic nitrogens is 3. The van der Waals surface area contributed by atoms with Crippen molar-refractivity contribution < 1.29 is 0 Å². The van der Waals surface area contributed by atoms with E-state index in [1.165, 1.54) is 5.56 Å². The highest BCUT2D eigenvalue weighted by Crippen LogP contribution is 2.32. The molecule has 5 rings (SSSR count). The van der Waals surface area contributed by atoms with Crippen molar-refractivity contribution in [3.8, 4) is 11.3 Å². The molecule has 0 saturated heterocycles. The summed E-state index contributed by atoms with van der Waals surface area (Å²) in [5.74, 6) is 0. The van der Waals surface area contributed by atoms with Crippen LogP contribution < -0.4 is 0 Å². The normalized spacial score (nSPS) is 11.5. The van der Waals surface area contributed by atoms with E-state index in [0.29, 0.717) is 0 Å². The predicted octanol–water partition coefficient (Wildman–Crippen LogP) is 5.01. The number of benzene rings is 2. The van der Waals surface area contributed by atoms with E-state index in [9.17, 15) is 0 Å². The summed E-state index contributed by atoms with van der Waals surface area (Å²) in [6, 6.07) is 22.8. The first kappa shape index (κ1) is 13.3. The zero-order valence-electron chi connectivity index (χ0n) is 13.3. The van der Waals surface area contributed by atoms with Crippen LogP contribution in [0.4, 0.5) is 0 Å². The Hall–Kier alpha value is -3.20. The van der Waals surface area contributed by atoms with E-state index in [1.54, 1.807) is 0 Å². The highest BCUT2D eigenvalue weighted by atomic mass is 15.0. The molecule has 114 valence electrons. The van der Waals surface area contributed by atoms with E-state index in [2.05, 4.69) is 53.9 Å². The Morgan fingerprint density at radius 2 is 1.62 bits per heavy atom. The fourth-order valence-electron chi connectivity index (χ4n) is 3.30. The molecule has 0 amide bonds. The summed E-state index contributed by atoms with van der Waals surface area (Å²) in [7, 11) is 0. The first-order valence-electron chi connectivity index (χ1n) is 8.04. The van der Waals surface area contributed by atoms with E-state index in [0.717, 1.165) is 38.8 Å². The van der Waals surface area contributed by atoms with Crippen molar-refractivity contribution in [2.24, 2.45) is 0 Å². The number of fused-ring (bicyclic) bond motifs is 5. The molecule has 24 heavy (non-hydrogen) atoms. The summed E-state index contributed by atoms with van der Waals surface area (Å²) in [4.78, 5) is 9.87. The minimum Gasteiger partial charge on any atom is -0.298 e. The van der Waals surface area contributed by atoms with Gasteiger partial charge in [-0.2, -0.15) is 0 Å². The van der Waals surface area contributed by atoms with Gasteiger partial charge in [0.2, 0.25) is 0 Å². The van der Waals surface area contributed by atoms with Gasteiger partial charge >= 0.3 is 0 Å². The van der Waals surface area contributed by atoms with Gasteiger partial charge in [0.15, 0.2) is 0 Å². The minimum absolute atomic E-state index is 0.959. The lowest BCUT2D eigenvalue weighted by Crippen LogP contribution is -1.92. The van der Waals surface area contributed by atoms with E-state index in [4.69, 9.17) is 9.97 Å². The largest absolute Gasteiger partial charge is 0.298 e. The molecule has 5 aromatic rings. The molecular formula is C21H15N3. The Kier molecular flexibility index (Phi) is 2.71. The fraction of sp³-hybridized carbons (Fsp3) is 0.0476. The third kappa shape index (κ3) is 1.85. The molecule has 0 fully saturated rings. The second kappa shape index (κ2) is 4.90. The van der Waals surface area contributed by atoms with Crippen molar-refractivity contribution in [1.29, 1.82) is 0 Å². The number of hydrogen-bond acceptors (Lipinski definition) is 2. The van der Waals surface area contributed by atoms with Gasteiger partial charge in [0, 0.05) is 17.1 Å². The molecule has 3 heteroatoms. The van der Waals surface area contributed by atoms with Gasteiger partial charge in [-0.3, -0.25) is 4.40 Å². The number of rotatable bonds is 1. The Labute approximate surface area is 139 Å². The van der Waals surface area contributed by atoms with E-state index < -0.39 is 0 Å². The van der Waals surface area contributed by atoms with Gasteiger partial charge < -0.3 is 0 Å². The molecule has 0 aliphatic carbocycles. The number of pyridine rings is 2. The molecule has 0 N–H and O–H groups in total. The third-order valence-electron chi connectivity index (χ3n) is 4.44. The maximum Gasteiger partial charge on any atom is 0.138 e. The lowest BCUT2D eigenvalue weighted by atomic mass is 10.1. The van der Waals surface area contributed by atoms with Gasteiger partial charge in [0.25, 0.3) is 0 Å². The van der Waals surface area contributed by atoms with Gasteiger partial charge in [-0.05, 0) is 30.7 Å². The summed E-state index contributed by atoms with van der Waals surface area (Å²) in [5, 5.41) is 1.09. The molecule has 3 aromatic heterocycles. The number of imidazole rings is 1. The standard InChI is InChI=1S/C21H15N3/c1-14-11-12-24-18(13-14)23-20-16-9-5-6-10-17(16)22-19(21(20)24)15-7-3-2-4-8-15/h2-13H,1H3. The molecule has 0 atom stereocenters. The summed E-state index contributed by atoms with van der Waals surface area (Å²) in [6.45, 7) is 2.09. The van der Waals surface area contributed by atoms with Crippen molar-refractivity contribution in [3.05, 3.63) is 78.5 Å². The van der Waals surface area contributed by atoms with E-state index >= 15 is 0 Å². The molecule has 0 spiro atoms. The lowest BCUT2D eigenvalue weighted by molar-refractivity contribution is 1.20. The van der Waals surface area contributed by atoms with Gasteiger partial charge in [0.1, 0.15) is 11.2 Å². The SMILES string of the molecule is Cc1ccn2c(c1)nc1c3ccccc3nc(-c3ccccc3)c12. The van der Waals surface area contributed by atoms with E-state index in [-0.39, 0.29) is 0 Å². The Morgan fingerprint density at radius 3 is 2.50 bits per heavy atom. The van der Waals surface area contributed by atoms with Crippen LogP contribution in [-0.2, 0) is 0 Å². The maximum absolute atomic E-state index is 4.96. The van der Waals surface area contributed by atoms with Gasteiger partial charge in [0.05, 0.1) is 16.7 Å². The fourth-order valence-corrected chi connectivity index (χ4v) is 3.30. The van der Waals surface area contributed by atoms with Crippen molar-refractivity contribution >= 4 is 27.6 Å². The molecule has 0 radical (unpaired) electrons. The van der Waals surface area contributed by atoms with Gasteiger partial charge in [-0.1, -0.05) is 48.5 Å². The average molecular weight is 309 g/mol. The van der Waals surface area contributed by atoms with Crippen LogP contribution in [0, 0.1) is 6.92 Å². The Bertz CT molecular complexity index is 1200. The number of aryl methyl sites for hydroxylation is 1. The number of hydrogen-bond donors (Lipinski definition) is 0. The van der Waals surface area contributed by atoms with Crippen molar-refractivity contribution in [2.45, 2.75) is 6.92 Å². The first-order valence-corrected chi connectivity index (χ1v) is 8.04. The quantitative estimate of drug-likeness (QED) is 0.435. The molecular weight excluding hydrogens is 294 g/mol. The molecule has 0 aliphatic heterocycles.